The molecule has 2 atom stereocenters. The second-order valence-electron chi connectivity index (χ2n) is 5.38. The average molecular weight is 226 g/mol. The highest BCUT2D eigenvalue weighted by molar-refractivity contribution is 4.70. The lowest BCUT2D eigenvalue weighted by Gasteiger charge is -2.27. The van der Waals surface area contributed by atoms with Crippen LogP contribution in [0.3, 0.4) is 0 Å². The van der Waals surface area contributed by atoms with Crippen molar-refractivity contribution in [2.24, 2.45) is 11.8 Å². The molecule has 0 fully saturated rings. The third-order valence-corrected chi connectivity index (χ3v) is 3.84. The van der Waals surface area contributed by atoms with Crippen LogP contribution in [0.4, 0.5) is 0 Å². The highest BCUT2D eigenvalue weighted by Crippen LogP contribution is 2.31. The minimum atomic E-state index is 1.02. The summed E-state index contributed by atoms with van der Waals surface area (Å²) in [5.41, 5.74) is 0. The molecule has 0 aliphatic heterocycles. The van der Waals surface area contributed by atoms with Crippen LogP contribution in [0.1, 0.15) is 91.9 Å². The summed E-state index contributed by atoms with van der Waals surface area (Å²) >= 11 is 0. The summed E-state index contributed by atoms with van der Waals surface area (Å²) in [5, 5.41) is 0. The average Bonchev–Trinajstić information content (AvgIpc) is 2.30. The van der Waals surface area contributed by atoms with Crippen LogP contribution in [0.25, 0.3) is 0 Å². The third kappa shape index (κ3) is 7.30. The zero-order valence-electron chi connectivity index (χ0n) is 12.2. The topological polar surface area (TPSA) is 0 Å². The SMILES string of the molecule is CCCCC(CCC)C(CCC)CCCC. The first-order chi connectivity index (χ1) is 7.79. The van der Waals surface area contributed by atoms with Gasteiger partial charge in [0.2, 0.25) is 0 Å². The molecular weight excluding hydrogens is 192 g/mol. The molecule has 0 radical (unpaired) electrons. The number of unbranched alkanes of at least 4 members (excludes halogenated alkanes) is 2. The van der Waals surface area contributed by atoms with Gasteiger partial charge in [-0.25, -0.2) is 0 Å². The second-order valence-corrected chi connectivity index (χ2v) is 5.38. The lowest BCUT2D eigenvalue weighted by atomic mass is 9.79. The van der Waals surface area contributed by atoms with Gasteiger partial charge in [-0.1, -0.05) is 91.9 Å². The van der Waals surface area contributed by atoms with Gasteiger partial charge < -0.3 is 0 Å². The minimum Gasteiger partial charge on any atom is -0.0654 e. The van der Waals surface area contributed by atoms with Crippen molar-refractivity contribution in [3.8, 4) is 0 Å². The van der Waals surface area contributed by atoms with Crippen LogP contribution < -0.4 is 0 Å². The summed E-state index contributed by atoms with van der Waals surface area (Å²) in [4.78, 5) is 0. The van der Waals surface area contributed by atoms with E-state index in [0.29, 0.717) is 0 Å². The Bertz CT molecular complexity index is 112. The molecule has 2 unspecified atom stereocenters. The van der Waals surface area contributed by atoms with Gasteiger partial charge in [0.1, 0.15) is 0 Å². The van der Waals surface area contributed by atoms with Crippen molar-refractivity contribution < 1.29 is 0 Å². The van der Waals surface area contributed by atoms with Gasteiger partial charge in [-0.15, -0.1) is 0 Å². The van der Waals surface area contributed by atoms with Gasteiger partial charge in [0.15, 0.2) is 0 Å². The molecule has 0 aromatic rings. The van der Waals surface area contributed by atoms with Crippen molar-refractivity contribution in [1.29, 1.82) is 0 Å². The minimum absolute atomic E-state index is 1.02. The van der Waals surface area contributed by atoms with E-state index in [1.54, 1.807) is 0 Å². The Labute approximate surface area is 104 Å². The molecule has 0 heteroatoms. The number of hydrogen-bond acceptors (Lipinski definition) is 0. The first-order valence-corrected chi connectivity index (χ1v) is 7.79. The van der Waals surface area contributed by atoms with Crippen LogP contribution >= 0.6 is 0 Å². The molecule has 0 N–H and O–H groups in total. The first kappa shape index (κ1) is 16.0. The molecule has 0 nitrogen and oxygen atoms in total. The molecule has 16 heavy (non-hydrogen) atoms. The summed E-state index contributed by atoms with van der Waals surface area (Å²) in [6, 6.07) is 0. The van der Waals surface area contributed by atoms with Gasteiger partial charge >= 0.3 is 0 Å². The van der Waals surface area contributed by atoms with E-state index in [0.717, 1.165) is 11.8 Å². The van der Waals surface area contributed by atoms with E-state index in [-0.39, 0.29) is 0 Å². The predicted molar refractivity (Wildman–Crippen MR) is 75.8 cm³/mol. The van der Waals surface area contributed by atoms with E-state index >= 15 is 0 Å². The summed E-state index contributed by atoms with van der Waals surface area (Å²) in [5.74, 6) is 2.05. The molecule has 0 amide bonds. The highest BCUT2D eigenvalue weighted by Gasteiger charge is 2.18. The van der Waals surface area contributed by atoms with Gasteiger partial charge in [-0.05, 0) is 11.8 Å². The smallest absolute Gasteiger partial charge is 0.0386 e. The molecule has 0 saturated carbocycles. The van der Waals surface area contributed by atoms with Crippen molar-refractivity contribution in [3.63, 3.8) is 0 Å². The maximum absolute atomic E-state index is 2.35. The van der Waals surface area contributed by atoms with Crippen LogP contribution in [-0.2, 0) is 0 Å². The molecule has 0 aliphatic carbocycles. The Kier molecular flexibility index (Phi) is 11.5. The van der Waals surface area contributed by atoms with Crippen LogP contribution in [0.2, 0.25) is 0 Å². The van der Waals surface area contributed by atoms with E-state index in [4.69, 9.17) is 0 Å². The van der Waals surface area contributed by atoms with Crippen molar-refractivity contribution in [1.82, 2.24) is 0 Å². The van der Waals surface area contributed by atoms with Crippen molar-refractivity contribution in [2.75, 3.05) is 0 Å². The molecule has 0 bridgehead atoms. The zero-order valence-corrected chi connectivity index (χ0v) is 12.2. The lowest BCUT2D eigenvalue weighted by molar-refractivity contribution is 0.248. The van der Waals surface area contributed by atoms with Crippen molar-refractivity contribution >= 4 is 0 Å². The molecule has 0 rings (SSSR count). The molecule has 0 saturated heterocycles. The van der Waals surface area contributed by atoms with E-state index < -0.39 is 0 Å². The molecule has 0 spiro atoms. The van der Waals surface area contributed by atoms with Crippen molar-refractivity contribution in [2.45, 2.75) is 91.9 Å². The number of rotatable bonds is 11. The fourth-order valence-corrected chi connectivity index (χ4v) is 2.91. The van der Waals surface area contributed by atoms with E-state index in [1.165, 1.54) is 64.2 Å². The fourth-order valence-electron chi connectivity index (χ4n) is 2.91. The highest BCUT2D eigenvalue weighted by atomic mass is 14.2. The van der Waals surface area contributed by atoms with Crippen LogP contribution in [-0.4, -0.2) is 0 Å². The van der Waals surface area contributed by atoms with Crippen LogP contribution in [0, 0.1) is 11.8 Å². The van der Waals surface area contributed by atoms with E-state index in [9.17, 15) is 0 Å². The predicted octanol–water partition coefficient (Wildman–Crippen LogP) is 6.20. The van der Waals surface area contributed by atoms with Gasteiger partial charge in [0, 0.05) is 0 Å². The maximum atomic E-state index is 2.35. The Morgan fingerprint density at radius 2 is 0.875 bits per heavy atom. The Balaban J connectivity index is 4.14. The largest absolute Gasteiger partial charge is 0.0654 e. The first-order valence-electron chi connectivity index (χ1n) is 7.79. The van der Waals surface area contributed by atoms with E-state index in [1.807, 2.05) is 0 Å². The quantitative estimate of drug-likeness (QED) is 0.393. The molecule has 0 aliphatic rings. The molecule has 0 heterocycles. The molecular formula is C16H34. The standard InChI is InChI=1S/C16H34/c1-5-9-13-15(11-7-3)16(12-8-4)14-10-6-2/h15-16H,5-14H2,1-4H3. The lowest BCUT2D eigenvalue weighted by Crippen LogP contribution is -2.15. The summed E-state index contributed by atoms with van der Waals surface area (Å²) in [6.45, 7) is 9.34. The summed E-state index contributed by atoms with van der Waals surface area (Å²) in [7, 11) is 0. The van der Waals surface area contributed by atoms with Gasteiger partial charge in [-0.2, -0.15) is 0 Å². The fraction of sp³-hybridized carbons (Fsp3) is 1.00. The van der Waals surface area contributed by atoms with E-state index in [2.05, 4.69) is 27.7 Å². The van der Waals surface area contributed by atoms with Gasteiger partial charge in [0.05, 0.1) is 0 Å². The molecule has 0 aromatic carbocycles. The van der Waals surface area contributed by atoms with Crippen LogP contribution in [0.15, 0.2) is 0 Å². The Morgan fingerprint density at radius 3 is 1.12 bits per heavy atom. The number of hydrogen-bond donors (Lipinski definition) is 0. The second kappa shape index (κ2) is 11.5. The normalized spacial score (nSPS) is 15.0. The Morgan fingerprint density at radius 1 is 0.500 bits per heavy atom. The van der Waals surface area contributed by atoms with Gasteiger partial charge in [-0.3, -0.25) is 0 Å². The maximum Gasteiger partial charge on any atom is -0.0386 e. The molecule has 0 aromatic heterocycles. The third-order valence-electron chi connectivity index (χ3n) is 3.84. The van der Waals surface area contributed by atoms with Crippen molar-refractivity contribution in [3.05, 3.63) is 0 Å². The zero-order chi connectivity index (χ0) is 12.2. The van der Waals surface area contributed by atoms with Gasteiger partial charge in [0.25, 0.3) is 0 Å². The molecule has 98 valence electrons. The summed E-state index contributed by atoms with van der Waals surface area (Å²) in [6.07, 6.45) is 14.3. The Hall–Kier alpha value is 0. The van der Waals surface area contributed by atoms with Crippen LogP contribution in [0.5, 0.6) is 0 Å². The summed E-state index contributed by atoms with van der Waals surface area (Å²) < 4.78 is 0. The monoisotopic (exact) mass is 226 g/mol.